The van der Waals surface area contributed by atoms with Gasteiger partial charge in [-0.15, -0.1) is 0 Å². The van der Waals surface area contributed by atoms with E-state index in [2.05, 4.69) is 71.2 Å². The van der Waals surface area contributed by atoms with Crippen LogP contribution < -0.4 is 10.6 Å². The summed E-state index contributed by atoms with van der Waals surface area (Å²) in [6, 6.07) is 8.55. The van der Waals surface area contributed by atoms with Crippen molar-refractivity contribution >= 4 is 17.6 Å². The molecule has 0 bridgehead atoms. The Hall–Kier alpha value is -2.98. The number of carbonyl (C=O) groups is 3. The van der Waals surface area contributed by atoms with Crippen molar-refractivity contribution in [3.63, 3.8) is 0 Å². The predicted octanol–water partition coefficient (Wildman–Crippen LogP) is 6.75. The molecule has 3 N–H and O–H groups in total. The average molecular weight is 642 g/mol. The van der Waals surface area contributed by atoms with Gasteiger partial charge in [0.2, 0.25) is 5.91 Å². The molecule has 9 atom stereocenters. The molecular weight excluding hydrogens is 586 g/mol. The van der Waals surface area contributed by atoms with Gasteiger partial charge < -0.3 is 15.7 Å². The number of hydrogen-bond donors (Lipinski definition) is 3. The maximum atomic E-state index is 14.6. The first-order chi connectivity index (χ1) is 21.9. The second kappa shape index (κ2) is 11.3. The second-order valence-corrected chi connectivity index (χ2v) is 17.8. The summed E-state index contributed by atoms with van der Waals surface area (Å²) in [4.78, 5) is 40.9. The van der Waals surface area contributed by atoms with Crippen molar-refractivity contribution in [3.05, 3.63) is 47.0 Å². The Morgan fingerprint density at radius 3 is 2.23 bits per heavy atom. The number of nitrogens with zero attached hydrogens (tertiary/aromatic N) is 1. The minimum atomic E-state index is -0.561. The number of benzene rings is 1. The Labute approximate surface area is 281 Å². The summed E-state index contributed by atoms with van der Waals surface area (Å²) >= 11 is 0. The van der Waals surface area contributed by atoms with Crippen LogP contribution in [0, 0.1) is 61.6 Å². The highest BCUT2D eigenvalue weighted by atomic mass is 16.3. The fourth-order valence-electron chi connectivity index (χ4n) is 11.7. The summed E-state index contributed by atoms with van der Waals surface area (Å²) in [7, 11) is 0. The molecule has 0 saturated heterocycles. The van der Waals surface area contributed by atoms with Gasteiger partial charge in [-0.1, -0.05) is 54.0 Å². The van der Waals surface area contributed by atoms with Crippen LogP contribution in [0.25, 0.3) is 0 Å². The Bertz CT molecular complexity index is 1540. The Balaban J connectivity index is 1.19. The van der Waals surface area contributed by atoms with E-state index in [0.717, 1.165) is 57.8 Å². The quantitative estimate of drug-likeness (QED) is 0.308. The second-order valence-electron chi connectivity index (χ2n) is 17.8. The van der Waals surface area contributed by atoms with Crippen molar-refractivity contribution in [2.24, 2.45) is 50.2 Å². The van der Waals surface area contributed by atoms with Crippen molar-refractivity contribution in [1.29, 1.82) is 5.26 Å². The van der Waals surface area contributed by atoms with Gasteiger partial charge in [0.1, 0.15) is 0 Å². The van der Waals surface area contributed by atoms with E-state index in [9.17, 15) is 19.5 Å². The molecule has 4 fully saturated rings. The molecule has 0 aliphatic heterocycles. The number of nitrogens with one attached hydrogen (secondary N) is 2. The topological polar surface area (TPSA) is 119 Å². The summed E-state index contributed by atoms with van der Waals surface area (Å²) in [5, 5.41) is 26.0. The highest BCUT2D eigenvalue weighted by molar-refractivity contribution is 5.96. The number of fused-ring (bicyclic) bond motifs is 7. The van der Waals surface area contributed by atoms with Gasteiger partial charge in [-0.2, -0.15) is 5.26 Å². The summed E-state index contributed by atoms with van der Waals surface area (Å²) in [5.74, 6) is 0.473. The minimum absolute atomic E-state index is 0.0160. The van der Waals surface area contributed by atoms with Crippen molar-refractivity contribution in [1.82, 2.24) is 10.6 Å². The molecule has 1 aromatic rings. The van der Waals surface area contributed by atoms with Gasteiger partial charge in [-0.3, -0.25) is 14.4 Å². The zero-order valence-corrected chi connectivity index (χ0v) is 29.6. The molecule has 5 aliphatic rings. The van der Waals surface area contributed by atoms with E-state index >= 15 is 0 Å². The fourth-order valence-corrected chi connectivity index (χ4v) is 11.7. The maximum Gasteiger partial charge on any atom is 0.251 e. The lowest BCUT2D eigenvalue weighted by Gasteiger charge is -2.70. The van der Waals surface area contributed by atoms with Crippen LogP contribution in [-0.4, -0.2) is 41.9 Å². The fraction of sp³-hybridized carbons (Fsp3) is 0.700. The van der Waals surface area contributed by atoms with Gasteiger partial charge in [0.05, 0.1) is 17.7 Å². The van der Waals surface area contributed by atoms with Crippen LogP contribution in [0.1, 0.15) is 122 Å². The third kappa shape index (κ3) is 5.03. The summed E-state index contributed by atoms with van der Waals surface area (Å²) in [6.07, 6.45) is 10.0. The molecule has 4 saturated carbocycles. The van der Waals surface area contributed by atoms with E-state index in [1.807, 2.05) is 0 Å². The van der Waals surface area contributed by atoms with E-state index in [4.69, 9.17) is 5.26 Å². The van der Waals surface area contributed by atoms with Gasteiger partial charge >= 0.3 is 0 Å². The van der Waals surface area contributed by atoms with Crippen LogP contribution in [0.4, 0.5) is 0 Å². The number of amides is 2. The lowest BCUT2D eigenvalue weighted by Crippen LogP contribution is -2.66. The normalized spacial score (nSPS) is 41.9. The van der Waals surface area contributed by atoms with Gasteiger partial charge in [0, 0.05) is 30.0 Å². The number of nitriles is 1. The number of hydrogen-bond acceptors (Lipinski definition) is 5. The van der Waals surface area contributed by atoms with E-state index in [1.54, 1.807) is 24.3 Å². The molecule has 0 aromatic heterocycles. The minimum Gasteiger partial charge on any atom is -0.393 e. The molecule has 0 radical (unpaired) electrons. The van der Waals surface area contributed by atoms with Crippen molar-refractivity contribution in [2.75, 3.05) is 13.1 Å². The summed E-state index contributed by atoms with van der Waals surface area (Å²) in [6.45, 7) is 16.7. The number of allylic oxidation sites excluding steroid dienone is 2. The molecule has 1 aromatic carbocycles. The highest BCUT2D eigenvalue weighted by Crippen LogP contribution is 2.75. The smallest absolute Gasteiger partial charge is 0.251 e. The molecule has 2 amide bonds. The number of carbonyl (C=O) groups excluding carboxylic acids is 3. The molecule has 6 rings (SSSR count). The molecule has 254 valence electrons. The molecule has 47 heavy (non-hydrogen) atoms. The lowest BCUT2D eigenvalue weighted by atomic mass is 9.33. The SMILES string of the molecule is CC1(C)C2CC[C@]3(C)[C@H](C(=O)C=C4[C@H]5C[C@@](C)(C(=O)NCCNC(=O)c6ccc(C#N)cc6)CC[C@]5(C)CC[C@]43C)[C@@]2(C)CC[C@@H]1O. The molecular formula is C40H55N3O4. The average Bonchev–Trinajstić information content (AvgIpc) is 3.03. The number of aliphatic hydroxyl groups is 1. The van der Waals surface area contributed by atoms with Crippen LogP contribution in [0.3, 0.4) is 0 Å². The number of ketones is 1. The van der Waals surface area contributed by atoms with Crippen LogP contribution >= 0.6 is 0 Å². The monoisotopic (exact) mass is 641 g/mol. The standard InChI is InChI=1S/C40H55N3O4/c1-35(2)30-12-15-40(7)32(38(30,5)14-13-31(35)45)29(44)22-27-28-23-37(4,17-16-36(28,3)18-19-39(27,40)6)34(47)43-21-20-42-33(46)26-10-8-25(24-41)9-11-26/h8-11,22,28,30-32,45H,12-21,23H2,1-7H3,(H,42,46)(H,43,47)/t28-,30?,31+,32-,36-,37+,38+,39-,40-/m1/s1. The van der Waals surface area contributed by atoms with E-state index in [0.29, 0.717) is 30.1 Å². The van der Waals surface area contributed by atoms with Crippen molar-refractivity contribution in [3.8, 4) is 6.07 Å². The molecule has 0 heterocycles. The van der Waals surface area contributed by atoms with Crippen molar-refractivity contribution in [2.45, 2.75) is 112 Å². The number of aliphatic hydroxyl groups excluding tert-OH is 1. The van der Waals surface area contributed by atoms with Crippen LogP contribution in [0.5, 0.6) is 0 Å². The van der Waals surface area contributed by atoms with Crippen LogP contribution in [0.15, 0.2) is 35.9 Å². The van der Waals surface area contributed by atoms with Gasteiger partial charge in [-0.25, -0.2) is 0 Å². The maximum absolute atomic E-state index is 14.6. The molecule has 5 aliphatic carbocycles. The first-order valence-corrected chi connectivity index (χ1v) is 18.0. The zero-order valence-electron chi connectivity index (χ0n) is 29.6. The summed E-state index contributed by atoms with van der Waals surface area (Å²) < 4.78 is 0. The Morgan fingerprint density at radius 1 is 0.894 bits per heavy atom. The molecule has 7 heteroatoms. The third-order valence-electron chi connectivity index (χ3n) is 15.1. The van der Waals surface area contributed by atoms with Gasteiger partial charge in [0.15, 0.2) is 5.78 Å². The van der Waals surface area contributed by atoms with Crippen molar-refractivity contribution < 1.29 is 19.5 Å². The molecule has 7 nitrogen and oxygen atoms in total. The van der Waals surface area contributed by atoms with E-state index in [1.165, 1.54) is 5.57 Å². The molecule has 0 spiro atoms. The lowest BCUT2D eigenvalue weighted by molar-refractivity contribution is -0.202. The Morgan fingerprint density at radius 2 is 1.55 bits per heavy atom. The van der Waals surface area contributed by atoms with E-state index in [-0.39, 0.29) is 62.6 Å². The number of rotatable bonds is 5. The van der Waals surface area contributed by atoms with Gasteiger partial charge in [-0.05, 0) is 127 Å². The van der Waals surface area contributed by atoms with E-state index < -0.39 is 5.41 Å². The zero-order chi connectivity index (χ0) is 34.2. The third-order valence-corrected chi connectivity index (χ3v) is 15.1. The largest absolute Gasteiger partial charge is 0.393 e. The summed E-state index contributed by atoms with van der Waals surface area (Å²) in [5.41, 5.74) is 1.13. The van der Waals surface area contributed by atoms with Gasteiger partial charge in [0.25, 0.3) is 5.91 Å². The first-order valence-electron chi connectivity index (χ1n) is 18.0. The van der Waals surface area contributed by atoms with Crippen LogP contribution in [-0.2, 0) is 9.59 Å². The molecule has 1 unspecified atom stereocenters. The highest BCUT2D eigenvalue weighted by Gasteiger charge is 2.70. The van der Waals surface area contributed by atoms with Crippen LogP contribution in [0.2, 0.25) is 0 Å². The first kappa shape index (κ1) is 33.9. The predicted molar refractivity (Wildman–Crippen MR) is 182 cm³/mol. The Kier molecular flexibility index (Phi) is 8.14.